The number of likely N-dealkylation sites (N-methyl/N-ethyl adjacent to an activating group) is 1. The van der Waals surface area contributed by atoms with E-state index >= 15 is 4.79 Å². The fourth-order valence-electron chi connectivity index (χ4n) is 8.54. The number of aromatic hydroxyl groups is 2. The molecule has 5 rings (SSSR count). The average molecular weight is 1180 g/mol. The number of nitrogens with two attached hydrogens (primary N) is 4. The van der Waals surface area contributed by atoms with E-state index in [1.165, 1.54) is 86.8 Å². The minimum Gasteiger partial charge on any atom is -0.508 e. The van der Waals surface area contributed by atoms with Crippen LogP contribution >= 0.6 is 33.2 Å². The maximum atomic E-state index is 15.0. The number of unbranched alkanes of at least 4 members (excludes halogenated alkanes) is 2. The van der Waals surface area contributed by atoms with Gasteiger partial charge in [-0.05, 0) is 104 Å². The van der Waals surface area contributed by atoms with E-state index < -0.39 is 108 Å². The summed E-state index contributed by atoms with van der Waals surface area (Å²) in [6, 6.07) is 12.4. The van der Waals surface area contributed by atoms with Crippen molar-refractivity contribution in [3.8, 4) is 11.5 Å². The molecule has 9 amide bonds. The number of aliphatic hydroxyl groups is 1. The van der Waals surface area contributed by atoms with E-state index in [0.717, 1.165) is 26.5 Å². The fraction of sp³-hybridized carbons (Fsp3) is 0.400. The van der Waals surface area contributed by atoms with Crippen LogP contribution in [0, 0.1) is 0 Å². The van der Waals surface area contributed by atoms with E-state index in [4.69, 9.17) is 34.5 Å². The zero-order valence-corrected chi connectivity index (χ0v) is 47.1. The van der Waals surface area contributed by atoms with Gasteiger partial charge in [-0.2, -0.15) is 0 Å². The second kappa shape index (κ2) is 31.5. The maximum absolute atomic E-state index is 15.0. The molecule has 1 aliphatic rings. The Bertz CT molecular complexity index is 2820. The van der Waals surface area contributed by atoms with E-state index in [2.05, 4.69) is 31.9 Å². The lowest BCUT2D eigenvalue weighted by molar-refractivity contribution is -0.144. The number of aliphatic hydroxyl groups excluding tert-OH is 1. The topological polar surface area (TPSA) is 394 Å². The minimum absolute atomic E-state index is 0.000623. The third-order valence-electron chi connectivity index (χ3n) is 13.2. The Labute approximate surface area is 481 Å². The third-order valence-corrected chi connectivity index (χ3v) is 15.9. The van der Waals surface area contributed by atoms with Crippen LogP contribution in [-0.4, -0.2) is 153 Å². The van der Waals surface area contributed by atoms with Gasteiger partial charge in [0.1, 0.15) is 53.8 Å². The van der Waals surface area contributed by atoms with Gasteiger partial charge in [-0.3, -0.25) is 43.2 Å². The summed E-state index contributed by atoms with van der Waals surface area (Å²) in [5.74, 6) is -8.58. The van der Waals surface area contributed by atoms with E-state index in [-0.39, 0.29) is 60.7 Å². The van der Waals surface area contributed by atoms with Crippen molar-refractivity contribution in [1.29, 1.82) is 0 Å². The van der Waals surface area contributed by atoms with Crippen molar-refractivity contribution in [2.45, 2.75) is 113 Å². The zero-order chi connectivity index (χ0) is 59.3. The Hall–Kier alpha value is -7.42. The van der Waals surface area contributed by atoms with Crippen molar-refractivity contribution in [3.63, 3.8) is 0 Å². The second-order valence-corrected chi connectivity index (χ2v) is 22.5. The van der Waals surface area contributed by atoms with Crippen molar-refractivity contribution in [2.75, 3.05) is 25.1 Å². The van der Waals surface area contributed by atoms with Crippen LogP contribution in [0.2, 0.25) is 5.02 Å². The Morgan fingerprint density at radius 2 is 1.23 bits per heavy atom. The lowest BCUT2D eigenvalue weighted by atomic mass is 9.99. The molecule has 0 bridgehead atoms. The highest BCUT2D eigenvalue weighted by molar-refractivity contribution is 8.76. The highest BCUT2D eigenvalue weighted by Gasteiger charge is 2.38. The van der Waals surface area contributed by atoms with Gasteiger partial charge in [-0.25, -0.2) is 0 Å². The third kappa shape index (κ3) is 20.3. The van der Waals surface area contributed by atoms with Gasteiger partial charge in [0.15, 0.2) is 0 Å². The Kier molecular flexibility index (Phi) is 25.1. The molecule has 1 saturated heterocycles. The van der Waals surface area contributed by atoms with Crippen molar-refractivity contribution >= 4 is 86.4 Å². The largest absolute Gasteiger partial charge is 0.508 e. The molecule has 17 N–H and O–H groups in total. The molecule has 0 saturated carbocycles. The average Bonchev–Trinajstić information content (AvgIpc) is 3.43. The van der Waals surface area contributed by atoms with Crippen LogP contribution in [-0.2, 0) is 64.0 Å². The number of carbonyl (C=O) groups is 9. The van der Waals surface area contributed by atoms with Gasteiger partial charge in [0.25, 0.3) is 0 Å². The number of phenolic OH excluding ortho intramolecular Hbond substituents is 2. The first-order valence-corrected chi connectivity index (χ1v) is 28.8. The standard InChI is InChI=1S/C55H70ClN11O12S2/c1-30(68)46-54(78)65-44(51(75)61-40(48(60)72)25-33-11-19-37(69)20-12-33)29-81-80-28-43(64-49(73)39(58)24-31-9-17-36(56)18-10-31)52(76)62-41(26-34-13-21-38(70)22-14-34)50(74)63-42(27-32-7-15-35(16-8-32)47(59)71)55(79)67(2)45(53(77)66-46)6-4-3-5-23-57/h7-22,30,39-46,68-70H,3-6,23-29,57-58H2,1-2H3,(H2,59,71)(H2,60,72)(H,61,75)(H,62,76)(H,63,74)(H,64,73)(H,65,78)(H,66,77)/t30-,39+,40-,41+,42-,43-,44+,45+,46+/m1/s1. The van der Waals surface area contributed by atoms with Crippen LogP contribution in [0.3, 0.4) is 0 Å². The lowest BCUT2D eigenvalue weighted by Crippen LogP contribution is -2.62. The quantitative estimate of drug-likeness (QED) is 0.0408. The van der Waals surface area contributed by atoms with Gasteiger partial charge in [-0.1, -0.05) is 94.6 Å². The SMILES string of the molecule is C[C@@H](O)[C@@H]1NC(=O)[C@H](CCCCCN)N(C)C(=O)[C@@H](Cc2ccc(C(N)=O)cc2)NC(=O)[C@H](Cc2ccc(O)cc2)NC(=O)[C@H](NC(=O)[C@@H](N)Cc2ccc(Cl)cc2)CSSC[C@@H](C(=O)N[C@H](Cc2ccc(O)cc2)C(N)=O)NC1=O. The summed E-state index contributed by atoms with van der Waals surface area (Å²) in [4.78, 5) is 128. The van der Waals surface area contributed by atoms with Crippen molar-refractivity contribution in [1.82, 2.24) is 36.8 Å². The number of halogens is 1. The Balaban J connectivity index is 1.60. The van der Waals surface area contributed by atoms with Crippen molar-refractivity contribution in [2.24, 2.45) is 22.9 Å². The molecule has 436 valence electrons. The number of amides is 9. The van der Waals surface area contributed by atoms with Gasteiger partial charge in [0.05, 0.1) is 12.1 Å². The molecule has 1 heterocycles. The number of hydrogen-bond acceptors (Lipinski definition) is 16. The van der Waals surface area contributed by atoms with Crippen molar-refractivity contribution < 1.29 is 58.5 Å². The first-order chi connectivity index (χ1) is 38.5. The molecule has 0 radical (unpaired) electrons. The monoisotopic (exact) mass is 1180 g/mol. The van der Waals surface area contributed by atoms with E-state index in [9.17, 15) is 53.7 Å². The molecular formula is C55H70ClN11O12S2. The van der Waals surface area contributed by atoms with Crippen LogP contribution in [0.4, 0.5) is 0 Å². The minimum atomic E-state index is -1.75. The molecule has 0 aromatic heterocycles. The number of nitrogens with zero attached hydrogens (tertiary/aromatic N) is 1. The van der Waals surface area contributed by atoms with Crippen LogP contribution < -0.4 is 54.8 Å². The fourth-order valence-corrected chi connectivity index (χ4v) is 11.0. The summed E-state index contributed by atoms with van der Waals surface area (Å²) in [6.07, 6.45) is -0.737. The molecular weight excluding hydrogens is 1110 g/mol. The summed E-state index contributed by atoms with van der Waals surface area (Å²) >= 11 is 6.08. The van der Waals surface area contributed by atoms with Crippen LogP contribution in [0.25, 0.3) is 0 Å². The van der Waals surface area contributed by atoms with Gasteiger partial charge in [0.2, 0.25) is 53.2 Å². The van der Waals surface area contributed by atoms with E-state index in [1.54, 1.807) is 24.3 Å². The maximum Gasteiger partial charge on any atom is 0.248 e. The summed E-state index contributed by atoms with van der Waals surface area (Å²) in [7, 11) is 3.23. The second-order valence-electron chi connectivity index (χ2n) is 19.6. The predicted molar refractivity (Wildman–Crippen MR) is 307 cm³/mol. The highest BCUT2D eigenvalue weighted by Crippen LogP contribution is 2.25. The molecule has 23 nitrogen and oxygen atoms in total. The first kappa shape index (κ1) is 64.4. The molecule has 4 aromatic rings. The van der Waals surface area contributed by atoms with Crippen LogP contribution in [0.5, 0.6) is 11.5 Å². The zero-order valence-electron chi connectivity index (χ0n) is 44.7. The number of hydrogen-bond donors (Lipinski definition) is 13. The Morgan fingerprint density at radius 3 is 1.81 bits per heavy atom. The van der Waals surface area contributed by atoms with Gasteiger partial charge < -0.3 is 75.1 Å². The smallest absolute Gasteiger partial charge is 0.248 e. The number of rotatable bonds is 20. The number of phenols is 2. The predicted octanol–water partition coefficient (Wildman–Crippen LogP) is -0.0360. The molecule has 26 heteroatoms. The molecule has 9 atom stereocenters. The van der Waals surface area contributed by atoms with Crippen molar-refractivity contribution in [3.05, 3.63) is 130 Å². The molecule has 0 unspecified atom stereocenters. The Morgan fingerprint density at radius 1 is 0.691 bits per heavy atom. The summed E-state index contributed by atoms with van der Waals surface area (Å²) < 4.78 is 0. The molecule has 4 aromatic carbocycles. The summed E-state index contributed by atoms with van der Waals surface area (Å²) in [5, 5.41) is 47.4. The van der Waals surface area contributed by atoms with Gasteiger partial charge in [-0.15, -0.1) is 0 Å². The molecule has 1 fully saturated rings. The molecule has 0 aliphatic carbocycles. The lowest BCUT2D eigenvalue weighted by Gasteiger charge is -2.33. The summed E-state index contributed by atoms with van der Waals surface area (Å²) in [5.41, 5.74) is 25.6. The summed E-state index contributed by atoms with van der Waals surface area (Å²) in [6.45, 7) is 1.55. The van der Waals surface area contributed by atoms with E-state index in [0.29, 0.717) is 53.1 Å². The number of primary amides is 2. The molecule has 0 spiro atoms. The highest BCUT2D eigenvalue weighted by atomic mass is 35.5. The number of benzene rings is 4. The van der Waals surface area contributed by atoms with Gasteiger partial charge >= 0.3 is 0 Å². The van der Waals surface area contributed by atoms with Crippen LogP contribution in [0.15, 0.2) is 97.1 Å². The normalized spacial score (nSPS) is 21.0. The van der Waals surface area contributed by atoms with Gasteiger partial charge in [0, 0.05) is 48.4 Å². The number of nitrogens with one attached hydrogen (secondary N) is 6. The molecule has 81 heavy (non-hydrogen) atoms. The molecule has 1 aliphatic heterocycles. The number of carbonyl (C=O) groups excluding carboxylic acids is 9. The van der Waals surface area contributed by atoms with Crippen LogP contribution in [0.1, 0.15) is 65.2 Å². The first-order valence-electron chi connectivity index (χ1n) is 26.0. The van der Waals surface area contributed by atoms with E-state index in [1.807, 2.05) is 0 Å².